The number of ketones is 1. The molecule has 27 heavy (non-hydrogen) atoms. The minimum Gasteiger partial charge on any atom is -0.496 e. The number of carbonyl (C=O) groups is 1. The van der Waals surface area contributed by atoms with Crippen LogP contribution in [0.15, 0.2) is 42.5 Å². The number of methoxy groups -OCH3 is 1. The second-order valence-electron chi connectivity index (χ2n) is 7.05. The summed E-state index contributed by atoms with van der Waals surface area (Å²) in [7, 11) is 3.72. The Morgan fingerprint density at radius 1 is 1.04 bits per heavy atom. The third kappa shape index (κ3) is 4.87. The summed E-state index contributed by atoms with van der Waals surface area (Å²) in [6, 6.07) is 13.7. The zero-order chi connectivity index (χ0) is 19.2. The predicted octanol–water partition coefficient (Wildman–Crippen LogP) is 3.01. The molecule has 0 amide bonds. The Morgan fingerprint density at radius 2 is 1.74 bits per heavy atom. The molecule has 144 valence electrons. The minimum atomic E-state index is 0.0918. The first-order valence-electron chi connectivity index (χ1n) is 9.37. The topological polar surface area (TPSA) is 42.0 Å². The monoisotopic (exact) mass is 368 g/mol. The molecule has 2 aromatic carbocycles. The van der Waals surface area contributed by atoms with E-state index in [1.165, 1.54) is 0 Å². The molecule has 0 N–H and O–H groups in total. The molecule has 0 radical (unpaired) electrons. The fourth-order valence-electron chi connectivity index (χ4n) is 3.34. The van der Waals surface area contributed by atoms with Gasteiger partial charge >= 0.3 is 0 Å². The first-order chi connectivity index (χ1) is 13.1. The van der Waals surface area contributed by atoms with E-state index in [2.05, 4.69) is 16.8 Å². The molecule has 1 aliphatic heterocycles. The molecule has 0 atom stereocenters. The fourth-order valence-corrected chi connectivity index (χ4v) is 3.34. The van der Waals surface area contributed by atoms with Gasteiger partial charge in [0.15, 0.2) is 5.78 Å². The average Bonchev–Trinajstić information content (AvgIpc) is 2.69. The number of nitrogens with zero attached hydrogens (tertiary/aromatic N) is 2. The fraction of sp³-hybridized carbons (Fsp3) is 0.409. The quantitative estimate of drug-likeness (QED) is 0.703. The van der Waals surface area contributed by atoms with E-state index < -0.39 is 0 Å². The maximum Gasteiger partial charge on any atom is 0.180 e. The number of likely N-dealkylation sites (N-methyl/N-ethyl adjacent to an activating group) is 1. The number of Topliss-reactive ketones (excluding diaryl/α,β-unsaturated/α-hetero) is 1. The summed E-state index contributed by atoms with van der Waals surface area (Å²) in [5, 5.41) is 0. The van der Waals surface area contributed by atoms with Gasteiger partial charge in [0.05, 0.1) is 19.2 Å². The van der Waals surface area contributed by atoms with Crippen molar-refractivity contribution in [2.24, 2.45) is 0 Å². The molecule has 3 rings (SSSR count). The summed E-state index contributed by atoms with van der Waals surface area (Å²) in [5.74, 6) is 1.45. The van der Waals surface area contributed by atoms with Crippen molar-refractivity contribution in [3.8, 4) is 11.5 Å². The van der Waals surface area contributed by atoms with Crippen LogP contribution in [0.5, 0.6) is 11.5 Å². The second-order valence-corrected chi connectivity index (χ2v) is 7.05. The maximum atomic E-state index is 12.8. The minimum absolute atomic E-state index is 0.0918. The Hall–Kier alpha value is -2.37. The molecule has 2 aromatic rings. The van der Waals surface area contributed by atoms with Gasteiger partial charge in [0.1, 0.15) is 18.1 Å². The predicted molar refractivity (Wildman–Crippen MR) is 107 cm³/mol. The van der Waals surface area contributed by atoms with E-state index in [1.54, 1.807) is 7.11 Å². The third-order valence-electron chi connectivity index (χ3n) is 5.06. The van der Waals surface area contributed by atoms with Gasteiger partial charge in [0, 0.05) is 31.7 Å². The van der Waals surface area contributed by atoms with Gasteiger partial charge < -0.3 is 14.4 Å². The molecule has 0 unspecified atom stereocenters. The molecule has 0 aliphatic carbocycles. The lowest BCUT2D eigenvalue weighted by molar-refractivity contribution is 0.0873. The van der Waals surface area contributed by atoms with Gasteiger partial charge in [0.2, 0.25) is 0 Å². The second kappa shape index (κ2) is 9.02. The highest BCUT2D eigenvalue weighted by molar-refractivity contribution is 6.00. The average molecular weight is 368 g/mol. The molecule has 1 heterocycles. The van der Waals surface area contributed by atoms with Gasteiger partial charge in [-0.1, -0.05) is 30.3 Å². The molecule has 0 aromatic heterocycles. The molecule has 5 heteroatoms. The zero-order valence-electron chi connectivity index (χ0n) is 16.4. The van der Waals surface area contributed by atoms with Gasteiger partial charge in [-0.3, -0.25) is 9.69 Å². The smallest absolute Gasteiger partial charge is 0.180 e. The van der Waals surface area contributed by atoms with Crippen LogP contribution in [-0.2, 0) is 6.61 Å². The molecule has 1 fully saturated rings. The number of rotatable bonds is 7. The Balaban J connectivity index is 1.70. The molecule has 0 bridgehead atoms. The van der Waals surface area contributed by atoms with Crippen molar-refractivity contribution in [1.82, 2.24) is 9.80 Å². The van der Waals surface area contributed by atoms with E-state index in [-0.39, 0.29) is 5.78 Å². The third-order valence-corrected chi connectivity index (χ3v) is 5.06. The van der Waals surface area contributed by atoms with Gasteiger partial charge in [-0.05, 0) is 31.7 Å². The molecule has 0 spiro atoms. The highest BCUT2D eigenvalue weighted by Gasteiger charge is 2.21. The van der Waals surface area contributed by atoms with E-state index >= 15 is 0 Å². The Labute approximate surface area is 161 Å². The highest BCUT2D eigenvalue weighted by Crippen LogP contribution is 2.32. The first-order valence-corrected chi connectivity index (χ1v) is 9.37. The van der Waals surface area contributed by atoms with Crippen molar-refractivity contribution in [2.75, 3.05) is 46.9 Å². The number of carbonyl (C=O) groups excluding carboxylic acids is 1. The summed E-state index contributed by atoms with van der Waals surface area (Å²) in [5.41, 5.74) is 2.59. The standard InChI is InChI=1S/C22H28N2O3/c1-17-21(27-16-18-7-5-4-6-8-18)10-9-19(22(17)26-3)20(25)15-24-13-11-23(2)12-14-24/h4-10H,11-16H2,1-3H3. The molecular weight excluding hydrogens is 340 g/mol. The van der Waals surface area contributed by atoms with E-state index in [1.807, 2.05) is 49.4 Å². The molecular formula is C22H28N2O3. The van der Waals surface area contributed by atoms with Crippen LogP contribution in [0.2, 0.25) is 0 Å². The van der Waals surface area contributed by atoms with Crippen LogP contribution in [0.3, 0.4) is 0 Å². The van der Waals surface area contributed by atoms with E-state index in [0.29, 0.717) is 24.5 Å². The summed E-state index contributed by atoms with van der Waals surface area (Å²) in [4.78, 5) is 17.3. The van der Waals surface area contributed by atoms with E-state index in [4.69, 9.17) is 9.47 Å². The molecule has 1 saturated heterocycles. The number of hydrogen-bond donors (Lipinski definition) is 0. The summed E-state index contributed by atoms with van der Waals surface area (Å²) in [6.07, 6.45) is 0. The van der Waals surface area contributed by atoms with Crippen LogP contribution < -0.4 is 9.47 Å². The SMILES string of the molecule is COc1c(C(=O)CN2CCN(C)CC2)ccc(OCc2ccccc2)c1C. The van der Waals surface area contributed by atoms with E-state index in [9.17, 15) is 4.79 Å². The normalized spacial score (nSPS) is 15.5. The number of benzene rings is 2. The van der Waals surface area contributed by atoms with Gasteiger partial charge in [-0.2, -0.15) is 0 Å². The van der Waals surface area contributed by atoms with Crippen LogP contribution in [-0.4, -0.2) is 62.5 Å². The number of piperazine rings is 1. The van der Waals surface area contributed by atoms with Crippen LogP contribution >= 0.6 is 0 Å². The van der Waals surface area contributed by atoms with Crippen molar-refractivity contribution < 1.29 is 14.3 Å². The maximum absolute atomic E-state index is 12.8. The van der Waals surface area contributed by atoms with Gasteiger partial charge in [-0.25, -0.2) is 0 Å². The lowest BCUT2D eigenvalue weighted by atomic mass is 10.0. The van der Waals surface area contributed by atoms with Gasteiger partial charge in [0.25, 0.3) is 0 Å². The van der Waals surface area contributed by atoms with Crippen LogP contribution in [0, 0.1) is 6.92 Å². The molecule has 5 nitrogen and oxygen atoms in total. The molecule has 1 aliphatic rings. The largest absolute Gasteiger partial charge is 0.496 e. The van der Waals surface area contributed by atoms with Crippen molar-refractivity contribution in [3.05, 3.63) is 59.2 Å². The van der Waals surface area contributed by atoms with Crippen molar-refractivity contribution >= 4 is 5.78 Å². The van der Waals surface area contributed by atoms with Crippen LogP contribution in [0.4, 0.5) is 0 Å². The van der Waals surface area contributed by atoms with Crippen molar-refractivity contribution in [2.45, 2.75) is 13.5 Å². The van der Waals surface area contributed by atoms with E-state index in [0.717, 1.165) is 43.1 Å². The number of ether oxygens (including phenoxy) is 2. The van der Waals surface area contributed by atoms with Crippen LogP contribution in [0.1, 0.15) is 21.5 Å². The lowest BCUT2D eigenvalue weighted by Gasteiger charge is -2.31. The summed E-state index contributed by atoms with van der Waals surface area (Å²) >= 11 is 0. The summed E-state index contributed by atoms with van der Waals surface area (Å²) in [6.45, 7) is 6.67. The van der Waals surface area contributed by atoms with Crippen LogP contribution in [0.25, 0.3) is 0 Å². The van der Waals surface area contributed by atoms with Gasteiger partial charge in [-0.15, -0.1) is 0 Å². The van der Waals surface area contributed by atoms with Crippen molar-refractivity contribution in [3.63, 3.8) is 0 Å². The molecule has 0 saturated carbocycles. The Kier molecular flexibility index (Phi) is 6.48. The Bertz CT molecular complexity index is 769. The van der Waals surface area contributed by atoms with Crippen molar-refractivity contribution in [1.29, 1.82) is 0 Å². The lowest BCUT2D eigenvalue weighted by Crippen LogP contribution is -2.46. The number of hydrogen-bond acceptors (Lipinski definition) is 5. The first kappa shape index (κ1) is 19.4. The summed E-state index contributed by atoms with van der Waals surface area (Å²) < 4.78 is 11.5. The Morgan fingerprint density at radius 3 is 2.41 bits per heavy atom. The highest BCUT2D eigenvalue weighted by atomic mass is 16.5. The zero-order valence-corrected chi connectivity index (χ0v) is 16.4.